The van der Waals surface area contributed by atoms with Gasteiger partial charge >= 0.3 is 0 Å². The molecule has 58 valence electrons. The third-order valence-corrected chi connectivity index (χ3v) is 1.90. The van der Waals surface area contributed by atoms with E-state index in [-0.39, 0.29) is 6.10 Å². The zero-order valence-electron chi connectivity index (χ0n) is 6.46. The highest BCUT2D eigenvalue weighted by Crippen LogP contribution is 2.28. The molecular formula is C7H13NO2. The molecule has 0 amide bonds. The van der Waals surface area contributed by atoms with Crippen LogP contribution in [-0.4, -0.2) is 11.8 Å². The molecule has 1 heterocycles. The second-order valence-electron chi connectivity index (χ2n) is 3.09. The Hall–Kier alpha value is -0.440. The van der Waals surface area contributed by atoms with Crippen molar-refractivity contribution in [1.29, 1.82) is 0 Å². The average molecular weight is 143 g/mol. The summed E-state index contributed by atoms with van der Waals surface area (Å²) in [6.45, 7) is 3.72. The molecule has 0 aromatic carbocycles. The van der Waals surface area contributed by atoms with Gasteiger partial charge < -0.3 is 4.74 Å². The maximum Gasteiger partial charge on any atom is 0.197 e. The molecule has 0 saturated carbocycles. The maximum atomic E-state index is 10.3. The van der Waals surface area contributed by atoms with Crippen LogP contribution in [0.5, 0.6) is 0 Å². The molecule has 2 atom stereocenters. The van der Waals surface area contributed by atoms with Gasteiger partial charge in [-0.1, -0.05) is 0 Å². The molecule has 1 aliphatic rings. The van der Waals surface area contributed by atoms with E-state index in [0.717, 1.165) is 19.3 Å². The first-order chi connectivity index (χ1) is 4.66. The van der Waals surface area contributed by atoms with Gasteiger partial charge in [-0.25, -0.2) is 0 Å². The first kappa shape index (κ1) is 7.66. The van der Waals surface area contributed by atoms with Gasteiger partial charge in [-0.15, -0.1) is 4.91 Å². The topological polar surface area (TPSA) is 38.7 Å². The van der Waals surface area contributed by atoms with Crippen molar-refractivity contribution in [2.24, 2.45) is 5.18 Å². The summed E-state index contributed by atoms with van der Waals surface area (Å²) >= 11 is 0. The van der Waals surface area contributed by atoms with Crippen molar-refractivity contribution in [3.8, 4) is 0 Å². The molecule has 0 aliphatic carbocycles. The molecule has 0 aromatic heterocycles. The van der Waals surface area contributed by atoms with E-state index in [2.05, 4.69) is 5.18 Å². The van der Waals surface area contributed by atoms with E-state index < -0.39 is 5.72 Å². The molecule has 0 aromatic rings. The van der Waals surface area contributed by atoms with Crippen molar-refractivity contribution in [3.63, 3.8) is 0 Å². The molecule has 1 fully saturated rings. The van der Waals surface area contributed by atoms with Gasteiger partial charge in [0.1, 0.15) is 0 Å². The minimum atomic E-state index is -0.738. The van der Waals surface area contributed by atoms with Gasteiger partial charge in [0, 0.05) is 6.42 Å². The molecule has 0 spiro atoms. The van der Waals surface area contributed by atoms with Crippen LogP contribution in [0.2, 0.25) is 0 Å². The molecule has 2 unspecified atom stereocenters. The van der Waals surface area contributed by atoms with Crippen molar-refractivity contribution in [3.05, 3.63) is 4.91 Å². The number of hydrogen-bond donors (Lipinski definition) is 0. The monoisotopic (exact) mass is 143 g/mol. The van der Waals surface area contributed by atoms with E-state index in [4.69, 9.17) is 4.74 Å². The summed E-state index contributed by atoms with van der Waals surface area (Å²) in [5, 5.41) is 2.96. The Kier molecular flexibility index (Phi) is 2.04. The third-order valence-electron chi connectivity index (χ3n) is 1.90. The first-order valence-corrected chi connectivity index (χ1v) is 3.69. The van der Waals surface area contributed by atoms with Crippen molar-refractivity contribution in [1.82, 2.24) is 0 Å². The van der Waals surface area contributed by atoms with Crippen molar-refractivity contribution in [2.75, 3.05) is 0 Å². The minimum absolute atomic E-state index is 0.191. The van der Waals surface area contributed by atoms with E-state index in [1.165, 1.54) is 0 Å². The molecule has 10 heavy (non-hydrogen) atoms. The van der Waals surface area contributed by atoms with Crippen LogP contribution in [0.3, 0.4) is 0 Å². The lowest BCUT2D eigenvalue weighted by molar-refractivity contribution is -0.105. The van der Waals surface area contributed by atoms with E-state index in [9.17, 15) is 4.91 Å². The zero-order valence-corrected chi connectivity index (χ0v) is 6.46. The van der Waals surface area contributed by atoms with Crippen LogP contribution in [0.25, 0.3) is 0 Å². The van der Waals surface area contributed by atoms with Crippen LogP contribution in [0.4, 0.5) is 0 Å². The van der Waals surface area contributed by atoms with Crippen LogP contribution in [0, 0.1) is 4.91 Å². The molecule has 0 bridgehead atoms. The Morgan fingerprint density at radius 3 is 2.80 bits per heavy atom. The fourth-order valence-electron chi connectivity index (χ4n) is 1.34. The van der Waals surface area contributed by atoms with Crippen LogP contribution in [0.15, 0.2) is 5.18 Å². The predicted molar refractivity (Wildman–Crippen MR) is 38.6 cm³/mol. The van der Waals surface area contributed by atoms with E-state index in [0.29, 0.717) is 0 Å². The summed E-state index contributed by atoms with van der Waals surface area (Å²) in [6, 6.07) is 0. The summed E-state index contributed by atoms with van der Waals surface area (Å²) in [5.74, 6) is 0. The Labute approximate surface area is 60.7 Å². The van der Waals surface area contributed by atoms with Crippen LogP contribution in [0.1, 0.15) is 33.1 Å². The van der Waals surface area contributed by atoms with Crippen molar-refractivity contribution >= 4 is 0 Å². The van der Waals surface area contributed by atoms with Crippen molar-refractivity contribution < 1.29 is 4.74 Å². The van der Waals surface area contributed by atoms with E-state index >= 15 is 0 Å². The summed E-state index contributed by atoms with van der Waals surface area (Å²) < 4.78 is 5.34. The molecule has 1 saturated heterocycles. The highest BCUT2D eigenvalue weighted by molar-refractivity contribution is 4.77. The van der Waals surface area contributed by atoms with Gasteiger partial charge in [0.05, 0.1) is 6.10 Å². The first-order valence-electron chi connectivity index (χ1n) is 3.69. The number of nitroso groups, excluding NO2 is 1. The maximum absolute atomic E-state index is 10.3. The number of hydrogen-bond acceptors (Lipinski definition) is 3. The second-order valence-corrected chi connectivity index (χ2v) is 3.09. The Morgan fingerprint density at radius 2 is 2.40 bits per heavy atom. The zero-order chi connectivity index (χ0) is 7.61. The quantitative estimate of drug-likeness (QED) is 0.527. The Balaban J connectivity index is 2.53. The Morgan fingerprint density at radius 1 is 1.70 bits per heavy atom. The van der Waals surface area contributed by atoms with Crippen molar-refractivity contribution in [2.45, 2.75) is 44.9 Å². The van der Waals surface area contributed by atoms with Gasteiger partial charge in [-0.3, -0.25) is 0 Å². The molecule has 1 aliphatic heterocycles. The average Bonchev–Trinajstić information content (AvgIpc) is 1.88. The summed E-state index contributed by atoms with van der Waals surface area (Å²) in [6.07, 6.45) is 3.05. The fraction of sp³-hybridized carbons (Fsp3) is 1.00. The van der Waals surface area contributed by atoms with Gasteiger partial charge in [-0.05, 0) is 31.9 Å². The smallest absolute Gasteiger partial charge is 0.197 e. The molecule has 1 rings (SSSR count). The van der Waals surface area contributed by atoms with Gasteiger partial charge in [0.25, 0.3) is 0 Å². The summed E-state index contributed by atoms with van der Waals surface area (Å²) in [4.78, 5) is 10.3. The fourth-order valence-corrected chi connectivity index (χ4v) is 1.34. The molecule has 3 heteroatoms. The minimum Gasteiger partial charge on any atom is -0.348 e. The lowest BCUT2D eigenvalue weighted by Gasteiger charge is -2.31. The highest BCUT2D eigenvalue weighted by atomic mass is 16.5. The van der Waals surface area contributed by atoms with Crippen LogP contribution >= 0.6 is 0 Å². The van der Waals surface area contributed by atoms with Gasteiger partial charge in [0.2, 0.25) is 0 Å². The van der Waals surface area contributed by atoms with Gasteiger partial charge in [0.15, 0.2) is 5.72 Å². The molecular weight excluding hydrogens is 130 g/mol. The van der Waals surface area contributed by atoms with Crippen LogP contribution in [-0.2, 0) is 4.74 Å². The standard InChI is InChI=1S/C7H13NO2/c1-6-4-3-5-7(2,8-9)10-6/h6H,3-5H2,1-2H3. The third kappa shape index (κ3) is 1.53. The van der Waals surface area contributed by atoms with E-state index in [1.807, 2.05) is 6.92 Å². The van der Waals surface area contributed by atoms with Crippen LogP contribution < -0.4 is 0 Å². The molecule has 0 N–H and O–H groups in total. The highest BCUT2D eigenvalue weighted by Gasteiger charge is 2.31. The molecule has 0 radical (unpaired) electrons. The lowest BCUT2D eigenvalue weighted by Crippen LogP contribution is -2.34. The lowest BCUT2D eigenvalue weighted by atomic mass is 10.0. The summed E-state index contributed by atoms with van der Waals surface area (Å²) in [5.41, 5.74) is -0.738. The number of rotatable bonds is 1. The Bertz CT molecular complexity index is 138. The number of nitrogens with zero attached hydrogens (tertiary/aromatic N) is 1. The second kappa shape index (κ2) is 2.66. The largest absolute Gasteiger partial charge is 0.348 e. The van der Waals surface area contributed by atoms with E-state index in [1.54, 1.807) is 6.92 Å². The summed E-state index contributed by atoms with van der Waals surface area (Å²) in [7, 11) is 0. The normalized spacial score (nSPS) is 41.2. The predicted octanol–water partition coefficient (Wildman–Crippen LogP) is 2.06. The number of ether oxygens (including phenoxy) is 1. The SMILES string of the molecule is CC1CCCC(C)(N=O)O1. The molecule has 3 nitrogen and oxygen atoms in total. The van der Waals surface area contributed by atoms with Gasteiger partial charge in [-0.2, -0.15) is 0 Å².